The number of hydrogen-bond donors (Lipinski definition) is 3. The molecule has 5 heterocycles. The van der Waals surface area contributed by atoms with Gasteiger partial charge in [-0.25, -0.2) is 23.1 Å². The van der Waals surface area contributed by atoms with Gasteiger partial charge in [-0.2, -0.15) is 9.97 Å². The van der Waals surface area contributed by atoms with Crippen LogP contribution in [0.5, 0.6) is 17.6 Å². The van der Waals surface area contributed by atoms with Gasteiger partial charge in [-0.1, -0.05) is 18.1 Å². The maximum Gasteiger partial charge on any atom is 0.319 e. The molecule has 2 aromatic carbocycles. The maximum absolute atomic E-state index is 17.0. The summed E-state index contributed by atoms with van der Waals surface area (Å²) in [7, 11) is 1.36. The highest BCUT2D eigenvalue weighted by molar-refractivity contribution is 6.04. The summed E-state index contributed by atoms with van der Waals surface area (Å²) in [5.41, 5.74) is 5.69. The Morgan fingerprint density at radius 1 is 1.21 bits per heavy atom. The number of nitrogen functional groups attached to an aromatic ring is 1. The third-order valence-corrected chi connectivity index (χ3v) is 9.30. The number of ether oxygens (including phenoxy) is 2. The van der Waals surface area contributed by atoms with Crippen molar-refractivity contribution >= 4 is 33.3 Å². The Labute approximate surface area is 274 Å². The standard InChI is InChI=1S/C35H32F3N7O3/c1-4-22-25(37)9-8-19-13-21(46)14-24(26(19)22)29-28(38)30-27(33(42-29)47-3)32(41-18(2)23-7-5-11-40-31(23)39)44-34(43-30)48-17-35-10-6-12-45(35)16-20(36)15-35/h1,5,7-9,11,13-14,18,20,46H,6,10,12,15-17H2,2-3H3,(H2,39,40)(H,41,43,44)/t18-,20+,35-/m0/s1. The molecule has 0 aliphatic carbocycles. The smallest absolute Gasteiger partial charge is 0.319 e. The van der Waals surface area contributed by atoms with Gasteiger partial charge < -0.3 is 25.6 Å². The normalized spacial score (nSPS) is 19.7. The molecule has 3 aromatic heterocycles. The van der Waals surface area contributed by atoms with E-state index in [1.807, 2.05) is 6.92 Å². The fourth-order valence-electron chi connectivity index (χ4n) is 7.09. The zero-order chi connectivity index (χ0) is 33.7. The van der Waals surface area contributed by atoms with Gasteiger partial charge in [-0.15, -0.1) is 6.42 Å². The number of aromatic nitrogens is 4. The molecule has 0 amide bonds. The summed E-state index contributed by atoms with van der Waals surface area (Å²) < 4.78 is 58.2. The first-order valence-electron chi connectivity index (χ1n) is 15.5. The molecule has 48 heavy (non-hydrogen) atoms. The van der Waals surface area contributed by atoms with Crippen LogP contribution in [0.1, 0.15) is 43.4 Å². The van der Waals surface area contributed by atoms with Gasteiger partial charge in [-0.05, 0) is 56.0 Å². The summed E-state index contributed by atoms with van der Waals surface area (Å²) >= 11 is 0. The van der Waals surface area contributed by atoms with Crippen LogP contribution in [0.15, 0.2) is 42.6 Å². The van der Waals surface area contributed by atoms with Crippen molar-refractivity contribution in [2.24, 2.45) is 0 Å². The average Bonchev–Trinajstić information content (AvgIpc) is 3.59. The topological polar surface area (TPSA) is 132 Å². The van der Waals surface area contributed by atoms with E-state index in [2.05, 4.69) is 36.1 Å². The van der Waals surface area contributed by atoms with E-state index in [4.69, 9.17) is 21.6 Å². The molecular weight excluding hydrogens is 623 g/mol. The molecule has 5 aromatic rings. The number of pyridine rings is 2. The lowest BCUT2D eigenvalue weighted by Crippen LogP contribution is -2.43. The minimum absolute atomic E-state index is 0.0303. The Bertz CT molecular complexity index is 2120. The maximum atomic E-state index is 17.0. The van der Waals surface area contributed by atoms with E-state index < -0.39 is 29.4 Å². The second kappa shape index (κ2) is 12.0. The first kappa shape index (κ1) is 31.3. The summed E-state index contributed by atoms with van der Waals surface area (Å²) in [5.74, 6) is 0.874. The predicted molar refractivity (Wildman–Crippen MR) is 176 cm³/mol. The molecule has 246 valence electrons. The van der Waals surface area contributed by atoms with Crippen molar-refractivity contribution in [2.75, 3.05) is 37.9 Å². The molecule has 0 spiro atoms. The van der Waals surface area contributed by atoms with Crippen molar-refractivity contribution in [1.82, 2.24) is 24.8 Å². The molecule has 10 nitrogen and oxygen atoms in total. The van der Waals surface area contributed by atoms with Crippen molar-refractivity contribution in [3.8, 4) is 41.2 Å². The molecule has 13 heteroatoms. The molecule has 2 fully saturated rings. The number of nitrogens with one attached hydrogen (secondary N) is 1. The molecule has 3 atom stereocenters. The van der Waals surface area contributed by atoms with Gasteiger partial charge in [0.25, 0.3) is 0 Å². The van der Waals surface area contributed by atoms with Crippen molar-refractivity contribution in [2.45, 2.75) is 43.9 Å². The fraction of sp³-hybridized carbons (Fsp3) is 0.314. The summed E-state index contributed by atoms with van der Waals surface area (Å²) in [6, 6.07) is 8.17. The van der Waals surface area contributed by atoms with E-state index in [1.54, 1.807) is 18.3 Å². The van der Waals surface area contributed by atoms with E-state index in [-0.39, 0.29) is 63.2 Å². The van der Waals surface area contributed by atoms with Crippen molar-refractivity contribution in [3.05, 3.63) is 65.4 Å². The van der Waals surface area contributed by atoms with E-state index in [0.29, 0.717) is 29.7 Å². The summed E-state index contributed by atoms with van der Waals surface area (Å²) in [4.78, 5) is 19.8. The predicted octanol–water partition coefficient (Wildman–Crippen LogP) is 5.92. The van der Waals surface area contributed by atoms with Crippen LogP contribution in [-0.4, -0.2) is 68.5 Å². The number of nitrogens with zero attached hydrogens (tertiary/aromatic N) is 5. The number of methoxy groups -OCH3 is 1. The summed E-state index contributed by atoms with van der Waals surface area (Å²) in [6.07, 6.45) is 8.25. The van der Waals surface area contributed by atoms with Crippen LogP contribution in [-0.2, 0) is 0 Å². The quantitative estimate of drug-likeness (QED) is 0.173. The van der Waals surface area contributed by atoms with Gasteiger partial charge in [-0.3, -0.25) is 4.90 Å². The Morgan fingerprint density at radius 3 is 2.81 bits per heavy atom. The van der Waals surface area contributed by atoms with Crippen LogP contribution in [0.3, 0.4) is 0 Å². The fourth-order valence-corrected chi connectivity index (χ4v) is 7.09. The van der Waals surface area contributed by atoms with Crippen molar-refractivity contribution in [1.29, 1.82) is 0 Å². The number of rotatable bonds is 8. The molecule has 0 radical (unpaired) electrons. The highest BCUT2D eigenvalue weighted by Gasteiger charge is 2.49. The zero-order valence-electron chi connectivity index (χ0n) is 26.2. The summed E-state index contributed by atoms with van der Waals surface area (Å²) in [5, 5.41) is 14.5. The van der Waals surface area contributed by atoms with E-state index in [0.717, 1.165) is 19.4 Å². The summed E-state index contributed by atoms with van der Waals surface area (Å²) in [6.45, 7) is 3.02. The number of halogens is 3. The molecule has 0 bridgehead atoms. The minimum Gasteiger partial charge on any atom is -0.508 e. The Kier molecular flexibility index (Phi) is 7.83. The minimum atomic E-state index is -0.973. The van der Waals surface area contributed by atoms with Crippen molar-refractivity contribution < 1.29 is 27.8 Å². The van der Waals surface area contributed by atoms with Gasteiger partial charge in [0.1, 0.15) is 52.6 Å². The highest BCUT2D eigenvalue weighted by atomic mass is 19.1. The lowest BCUT2D eigenvalue weighted by atomic mass is 9.95. The van der Waals surface area contributed by atoms with Gasteiger partial charge in [0.2, 0.25) is 5.88 Å². The highest BCUT2D eigenvalue weighted by Crippen LogP contribution is 2.43. The number of alkyl halides is 1. The number of benzene rings is 2. The van der Waals surface area contributed by atoms with Gasteiger partial charge in [0, 0.05) is 35.7 Å². The van der Waals surface area contributed by atoms with E-state index >= 15 is 4.39 Å². The second-order valence-corrected chi connectivity index (χ2v) is 12.2. The Balaban J connectivity index is 1.42. The number of nitrogens with two attached hydrogens (primary N) is 1. The third-order valence-electron chi connectivity index (χ3n) is 9.30. The van der Waals surface area contributed by atoms with E-state index in [9.17, 15) is 13.9 Å². The lowest BCUT2D eigenvalue weighted by molar-refractivity contribution is 0.107. The van der Waals surface area contributed by atoms with Gasteiger partial charge >= 0.3 is 6.01 Å². The number of fused-ring (bicyclic) bond motifs is 3. The molecule has 0 unspecified atom stereocenters. The number of phenols is 1. The van der Waals surface area contributed by atoms with Gasteiger partial charge in [0.05, 0.1) is 24.3 Å². The second-order valence-electron chi connectivity index (χ2n) is 12.2. The lowest BCUT2D eigenvalue weighted by Gasteiger charge is -2.30. The first-order chi connectivity index (χ1) is 23.1. The third kappa shape index (κ3) is 5.22. The van der Waals surface area contributed by atoms with Crippen LogP contribution in [0, 0.1) is 24.0 Å². The molecule has 4 N–H and O–H groups in total. The van der Waals surface area contributed by atoms with Crippen LogP contribution in [0.2, 0.25) is 0 Å². The van der Waals surface area contributed by atoms with Gasteiger partial charge in [0.15, 0.2) is 5.82 Å². The Morgan fingerprint density at radius 2 is 2.04 bits per heavy atom. The molecular formula is C35H32F3N7O3. The Hall–Kier alpha value is -5.35. The van der Waals surface area contributed by atoms with Crippen molar-refractivity contribution in [3.63, 3.8) is 0 Å². The molecule has 2 saturated heterocycles. The number of terminal acetylenes is 1. The van der Waals surface area contributed by atoms with Crippen LogP contribution < -0.4 is 20.5 Å². The molecule has 0 saturated carbocycles. The largest absolute Gasteiger partial charge is 0.508 e. The van der Waals surface area contributed by atoms with Crippen LogP contribution in [0.4, 0.5) is 24.8 Å². The molecule has 2 aliphatic rings. The molecule has 7 rings (SSSR count). The zero-order valence-corrected chi connectivity index (χ0v) is 26.2. The monoisotopic (exact) mass is 655 g/mol. The van der Waals surface area contributed by atoms with Crippen LogP contribution in [0.25, 0.3) is 32.9 Å². The average molecular weight is 656 g/mol. The molecule has 2 aliphatic heterocycles. The number of phenolic OH excluding ortho intramolecular Hbond substituents is 1. The van der Waals surface area contributed by atoms with Crippen LogP contribution >= 0.6 is 0 Å². The first-order valence-corrected chi connectivity index (χ1v) is 15.5. The number of hydrogen-bond acceptors (Lipinski definition) is 10. The van der Waals surface area contributed by atoms with E-state index in [1.165, 1.54) is 31.4 Å². The number of anilines is 2. The SMILES string of the molecule is C#Cc1c(F)ccc2cc(O)cc(-c3nc(OC)c4c(N[C@@H](C)c5cccnc5N)nc(OC[C@@]56CCCN5C[C@H](F)C6)nc4c3F)c12. The number of aromatic hydroxyl groups is 1.